The Morgan fingerprint density at radius 2 is 1.75 bits per heavy atom. The quantitative estimate of drug-likeness (QED) is 0.200. The summed E-state index contributed by atoms with van der Waals surface area (Å²) >= 11 is 0. The molecule has 170 valence electrons. The van der Waals surface area contributed by atoms with Crippen LogP contribution >= 0.6 is 0 Å². The summed E-state index contributed by atoms with van der Waals surface area (Å²) in [5.74, 6) is 2.31. The fourth-order valence-electron chi connectivity index (χ4n) is 3.10. The van der Waals surface area contributed by atoms with Gasteiger partial charge in [0.15, 0.2) is 0 Å². The summed E-state index contributed by atoms with van der Waals surface area (Å²) in [5.41, 5.74) is 11.0. The van der Waals surface area contributed by atoms with Crippen LogP contribution in [0.5, 0.6) is 0 Å². The highest BCUT2D eigenvalue weighted by molar-refractivity contribution is 6.08. The van der Waals surface area contributed by atoms with Crippen LogP contribution in [0.3, 0.4) is 0 Å². The van der Waals surface area contributed by atoms with E-state index in [1.54, 1.807) is 6.07 Å². The zero-order chi connectivity index (χ0) is 23.3. The molecule has 1 fully saturated rings. The van der Waals surface area contributed by atoms with E-state index in [9.17, 15) is 18.0 Å². The average molecular weight is 448 g/mol. The van der Waals surface area contributed by atoms with Gasteiger partial charge in [-0.15, -0.1) is 0 Å². The molecule has 1 saturated heterocycles. The zero-order valence-electron chi connectivity index (χ0n) is 17.1. The molecule has 0 aliphatic carbocycles. The van der Waals surface area contributed by atoms with Crippen molar-refractivity contribution in [3.05, 3.63) is 76.9 Å². The third-order valence-corrected chi connectivity index (χ3v) is 4.85. The van der Waals surface area contributed by atoms with Crippen molar-refractivity contribution in [3.8, 4) is 0 Å². The Bertz CT molecular complexity index is 1050. The van der Waals surface area contributed by atoms with Crippen LogP contribution in [0.15, 0.2) is 58.9 Å². The van der Waals surface area contributed by atoms with Gasteiger partial charge in [-0.2, -0.15) is 4.99 Å². The maximum absolute atomic E-state index is 14.3. The van der Waals surface area contributed by atoms with Crippen LogP contribution in [-0.2, 0) is 9.53 Å². The fourth-order valence-corrected chi connectivity index (χ4v) is 3.10. The Morgan fingerprint density at radius 3 is 2.44 bits per heavy atom. The molecule has 2 aromatic carbocycles. The molecule has 32 heavy (non-hydrogen) atoms. The molecule has 0 bridgehead atoms. The maximum atomic E-state index is 14.3. The molecule has 0 spiro atoms. The van der Waals surface area contributed by atoms with Crippen LogP contribution in [0.1, 0.15) is 5.56 Å². The molecule has 1 aliphatic heterocycles. The summed E-state index contributed by atoms with van der Waals surface area (Å²) < 4.78 is 47.1. The highest BCUT2D eigenvalue weighted by Crippen LogP contribution is 2.22. The van der Waals surface area contributed by atoms with Gasteiger partial charge in [0.05, 0.1) is 30.2 Å². The molecular weight excluding hydrogens is 425 g/mol. The molecule has 2 aromatic rings. The van der Waals surface area contributed by atoms with Gasteiger partial charge in [-0.05, 0) is 30.3 Å². The lowest BCUT2D eigenvalue weighted by Gasteiger charge is -2.31. The van der Waals surface area contributed by atoms with Crippen molar-refractivity contribution < 1.29 is 22.7 Å². The standard InChI is InChI=1S/C21H23F3N6O2/c22-13-5-6-15(23)14(11-13)20(26)28-21(31)19(25)18(12-29-7-9-32-10-8-29)30(27)17-4-2-1-3-16(17)24/h1-6,11H,7-10,12,25,27H2,(H2,26,28,31)/b19-18-. The van der Waals surface area contributed by atoms with Gasteiger partial charge in [0.2, 0.25) is 0 Å². The van der Waals surface area contributed by atoms with E-state index in [1.165, 1.54) is 18.2 Å². The van der Waals surface area contributed by atoms with E-state index < -0.39 is 34.9 Å². The molecule has 11 heteroatoms. The monoisotopic (exact) mass is 448 g/mol. The zero-order valence-corrected chi connectivity index (χ0v) is 17.1. The number of amidine groups is 1. The molecule has 1 amide bonds. The van der Waals surface area contributed by atoms with E-state index in [0.717, 1.165) is 23.2 Å². The number of hydrazine groups is 1. The first-order valence-electron chi connectivity index (χ1n) is 9.70. The van der Waals surface area contributed by atoms with Gasteiger partial charge in [0.25, 0.3) is 5.91 Å². The van der Waals surface area contributed by atoms with Gasteiger partial charge in [0.1, 0.15) is 29.0 Å². The molecule has 0 atom stereocenters. The minimum Gasteiger partial charge on any atom is -0.393 e. The minimum absolute atomic E-state index is 0.0142. The topological polar surface area (TPSA) is 123 Å². The summed E-state index contributed by atoms with van der Waals surface area (Å²) in [6.07, 6.45) is 0. The summed E-state index contributed by atoms with van der Waals surface area (Å²) in [6, 6.07) is 8.28. The Balaban J connectivity index is 1.98. The number of nitrogens with zero attached hydrogens (tertiary/aromatic N) is 3. The fraction of sp³-hybridized carbons (Fsp3) is 0.238. The van der Waals surface area contributed by atoms with Crippen molar-refractivity contribution in [2.75, 3.05) is 37.9 Å². The van der Waals surface area contributed by atoms with Gasteiger partial charge >= 0.3 is 0 Å². The lowest BCUT2D eigenvalue weighted by atomic mass is 10.2. The molecule has 1 aliphatic rings. The van der Waals surface area contributed by atoms with Gasteiger partial charge in [-0.3, -0.25) is 14.7 Å². The number of rotatable bonds is 6. The van der Waals surface area contributed by atoms with E-state index >= 15 is 0 Å². The maximum Gasteiger partial charge on any atom is 0.296 e. The number of carbonyl (C=O) groups is 1. The van der Waals surface area contributed by atoms with E-state index in [0.29, 0.717) is 26.3 Å². The molecule has 8 nitrogen and oxygen atoms in total. The lowest BCUT2D eigenvalue weighted by Crippen LogP contribution is -2.44. The molecular formula is C21H23F3N6O2. The number of morpholine rings is 1. The number of amides is 1. The molecule has 0 unspecified atom stereocenters. The summed E-state index contributed by atoms with van der Waals surface area (Å²) in [6.45, 7) is 2.10. The van der Waals surface area contributed by atoms with Crippen LogP contribution in [0.4, 0.5) is 18.9 Å². The normalized spacial score (nSPS) is 15.9. The lowest BCUT2D eigenvalue weighted by molar-refractivity contribution is -0.114. The third kappa shape index (κ3) is 5.44. The molecule has 1 heterocycles. The van der Waals surface area contributed by atoms with Crippen LogP contribution < -0.4 is 22.3 Å². The first-order valence-corrected chi connectivity index (χ1v) is 9.70. The van der Waals surface area contributed by atoms with E-state index in [2.05, 4.69) is 4.99 Å². The number of benzene rings is 2. The molecule has 6 N–H and O–H groups in total. The number of nitrogens with two attached hydrogens (primary N) is 3. The van der Waals surface area contributed by atoms with Crippen molar-refractivity contribution in [3.63, 3.8) is 0 Å². The number of hydrogen-bond donors (Lipinski definition) is 3. The Morgan fingerprint density at radius 1 is 1.06 bits per heavy atom. The number of hydrogen-bond acceptors (Lipinski definition) is 6. The van der Waals surface area contributed by atoms with Crippen molar-refractivity contribution in [2.45, 2.75) is 0 Å². The second-order valence-corrected chi connectivity index (χ2v) is 7.00. The van der Waals surface area contributed by atoms with Crippen LogP contribution in [0.2, 0.25) is 0 Å². The van der Waals surface area contributed by atoms with Crippen molar-refractivity contribution >= 4 is 17.4 Å². The number of carbonyl (C=O) groups excluding carboxylic acids is 1. The predicted octanol–water partition coefficient (Wildman–Crippen LogP) is 1.22. The number of halogens is 3. The smallest absolute Gasteiger partial charge is 0.296 e. The molecule has 0 aromatic heterocycles. The number of anilines is 1. The van der Waals surface area contributed by atoms with Crippen molar-refractivity contribution in [1.29, 1.82) is 0 Å². The van der Waals surface area contributed by atoms with Gasteiger partial charge in [-0.1, -0.05) is 12.1 Å². The van der Waals surface area contributed by atoms with Crippen LogP contribution in [0, 0.1) is 17.5 Å². The van der Waals surface area contributed by atoms with E-state index in [1.807, 2.05) is 4.90 Å². The first kappa shape index (κ1) is 23.3. The van der Waals surface area contributed by atoms with Crippen LogP contribution in [0.25, 0.3) is 0 Å². The number of aliphatic imine (C=N–C) groups is 1. The largest absolute Gasteiger partial charge is 0.393 e. The van der Waals surface area contributed by atoms with Gasteiger partial charge < -0.3 is 16.2 Å². The van der Waals surface area contributed by atoms with Gasteiger partial charge in [-0.25, -0.2) is 19.0 Å². The third-order valence-electron chi connectivity index (χ3n) is 4.85. The van der Waals surface area contributed by atoms with Gasteiger partial charge in [0, 0.05) is 19.6 Å². The highest BCUT2D eigenvalue weighted by atomic mass is 19.1. The Hall–Kier alpha value is -3.41. The number of ether oxygens (including phenoxy) is 1. The van der Waals surface area contributed by atoms with E-state index in [4.69, 9.17) is 22.0 Å². The first-order chi connectivity index (χ1) is 15.3. The summed E-state index contributed by atoms with van der Waals surface area (Å²) in [4.78, 5) is 18.3. The van der Waals surface area contributed by atoms with Crippen LogP contribution in [-0.4, -0.2) is 49.5 Å². The van der Waals surface area contributed by atoms with Crippen molar-refractivity contribution in [1.82, 2.24) is 4.90 Å². The minimum atomic E-state index is -1.03. The SMILES string of the molecule is NC(=NC(=O)/C(N)=C(\CN1CCOCC1)N(N)c1ccccc1F)c1cc(F)ccc1F. The second kappa shape index (κ2) is 10.3. The van der Waals surface area contributed by atoms with E-state index in [-0.39, 0.29) is 23.5 Å². The summed E-state index contributed by atoms with van der Waals surface area (Å²) in [5, 5.41) is 0.965. The molecule has 0 saturated carbocycles. The Kier molecular flexibility index (Phi) is 7.46. The Labute approximate surface area is 182 Å². The number of para-hydroxylation sites is 1. The predicted molar refractivity (Wildman–Crippen MR) is 114 cm³/mol. The average Bonchev–Trinajstić information content (AvgIpc) is 2.79. The highest BCUT2D eigenvalue weighted by Gasteiger charge is 2.23. The second-order valence-electron chi connectivity index (χ2n) is 7.00. The molecule has 0 radical (unpaired) electrons. The molecule has 3 rings (SSSR count). The van der Waals surface area contributed by atoms with Crippen molar-refractivity contribution in [2.24, 2.45) is 22.3 Å². The summed E-state index contributed by atoms with van der Waals surface area (Å²) in [7, 11) is 0.